The van der Waals surface area contributed by atoms with Crippen LogP contribution >= 0.6 is 11.3 Å². The molecule has 8 heteroatoms. The van der Waals surface area contributed by atoms with Crippen LogP contribution in [0.5, 0.6) is 17.2 Å². The number of nitrogens with zero attached hydrogens (tertiary/aromatic N) is 3. The monoisotopic (exact) mass is 467 g/mol. The van der Waals surface area contributed by atoms with Crippen LogP contribution in [0, 0.1) is 13.8 Å². The third-order valence-corrected chi connectivity index (χ3v) is 7.04. The zero-order chi connectivity index (χ0) is 23.5. The Morgan fingerprint density at radius 3 is 2.24 bits per heavy atom. The molecule has 0 atom stereocenters. The quantitative estimate of drug-likeness (QED) is 0.504. The summed E-state index contributed by atoms with van der Waals surface area (Å²) in [5.74, 6) is 1.62. The summed E-state index contributed by atoms with van der Waals surface area (Å²) in [7, 11) is 4.71. The molecule has 2 aromatic carbocycles. The number of amides is 1. The van der Waals surface area contributed by atoms with E-state index >= 15 is 0 Å². The van der Waals surface area contributed by atoms with Crippen molar-refractivity contribution in [2.45, 2.75) is 13.8 Å². The van der Waals surface area contributed by atoms with E-state index in [1.165, 1.54) is 15.8 Å². The van der Waals surface area contributed by atoms with Gasteiger partial charge < -0.3 is 24.0 Å². The predicted molar refractivity (Wildman–Crippen MR) is 133 cm³/mol. The van der Waals surface area contributed by atoms with Crippen LogP contribution in [0.4, 0.5) is 5.13 Å². The second-order valence-electron chi connectivity index (χ2n) is 8.03. The molecule has 0 aliphatic carbocycles. The molecule has 0 unspecified atom stereocenters. The standard InChI is InChI=1S/C25H29N3O4S/c1-16-12-17(2)24-19(13-16)26-25(33-24)28-10-8-27(9-11-28)22(29)7-6-18-14-20(30-3)23(32-5)21(15-18)31-4/h6-7,12-15H,8-11H2,1-5H3/b7-6-. The molecule has 2 heterocycles. The van der Waals surface area contributed by atoms with E-state index in [0.29, 0.717) is 30.3 Å². The molecule has 1 saturated heterocycles. The molecule has 0 N–H and O–H groups in total. The molecule has 7 nitrogen and oxygen atoms in total. The van der Waals surface area contributed by atoms with Gasteiger partial charge in [-0.3, -0.25) is 4.79 Å². The van der Waals surface area contributed by atoms with Crippen LogP contribution in [-0.4, -0.2) is 63.3 Å². The highest BCUT2D eigenvalue weighted by Crippen LogP contribution is 2.38. The number of carbonyl (C=O) groups is 1. The van der Waals surface area contributed by atoms with Crippen LogP contribution in [0.2, 0.25) is 0 Å². The van der Waals surface area contributed by atoms with Gasteiger partial charge in [-0.15, -0.1) is 0 Å². The van der Waals surface area contributed by atoms with E-state index in [-0.39, 0.29) is 5.91 Å². The SMILES string of the molecule is COc1cc(/C=C\C(=O)N2CCN(c3nc4cc(C)cc(C)c4s3)CC2)cc(OC)c1OC. The summed E-state index contributed by atoms with van der Waals surface area (Å²) < 4.78 is 17.4. The highest BCUT2D eigenvalue weighted by atomic mass is 32.1. The van der Waals surface area contributed by atoms with Gasteiger partial charge in [-0.1, -0.05) is 17.4 Å². The lowest BCUT2D eigenvalue weighted by molar-refractivity contribution is -0.126. The molecular weight excluding hydrogens is 438 g/mol. The number of aryl methyl sites for hydroxylation is 2. The first-order chi connectivity index (χ1) is 15.9. The van der Waals surface area contributed by atoms with Crippen molar-refractivity contribution in [2.24, 2.45) is 0 Å². The van der Waals surface area contributed by atoms with Crippen molar-refractivity contribution < 1.29 is 19.0 Å². The molecule has 1 fully saturated rings. The summed E-state index contributed by atoms with van der Waals surface area (Å²) in [5.41, 5.74) is 4.35. The number of thiazole rings is 1. The Hall–Kier alpha value is -3.26. The maximum atomic E-state index is 12.8. The topological polar surface area (TPSA) is 64.1 Å². The number of anilines is 1. The smallest absolute Gasteiger partial charge is 0.246 e. The summed E-state index contributed by atoms with van der Waals surface area (Å²) in [6.07, 6.45) is 3.37. The summed E-state index contributed by atoms with van der Waals surface area (Å²) in [6.45, 7) is 7.08. The normalized spacial score (nSPS) is 14.2. The zero-order valence-corrected chi connectivity index (χ0v) is 20.5. The van der Waals surface area contributed by atoms with E-state index < -0.39 is 0 Å². The fourth-order valence-corrected chi connectivity index (χ4v) is 5.16. The Morgan fingerprint density at radius 2 is 1.64 bits per heavy atom. The first-order valence-corrected chi connectivity index (χ1v) is 11.6. The fourth-order valence-electron chi connectivity index (χ4n) is 4.09. The third kappa shape index (κ3) is 4.75. The Balaban J connectivity index is 1.42. The highest BCUT2D eigenvalue weighted by molar-refractivity contribution is 7.22. The lowest BCUT2D eigenvalue weighted by Crippen LogP contribution is -2.48. The van der Waals surface area contributed by atoms with Crippen molar-refractivity contribution in [3.8, 4) is 17.2 Å². The number of rotatable bonds is 6. The molecule has 0 saturated carbocycles. The molecular formula is C25H29N3O4S. The molecule has 174 valence electrons. The van der Waals surface area contributed by atoms with E-state index in [4.69, 9.17) is 19.2 Å². The average molecular weight is 468 g/mol. The van der Waals surface area contributed by atoms with Gasteiger partial charge in [-0.05, 0) is 54.8 Å². The van der Waals surface area contributed by atoms with Crippen molar-refractivity contribution >= 4 is 38.7 Å². The Morgan fingerprint density at radius 1 is 0.970 bits per heavy atom. The summed E-state index contributed by atoms with van der Waals surface area (Å²) in [6, 6.07) is 7.97. The number of ether oxygens (including phenoxy) is 3. The van der Waals surface area contributed by atoms with Crippen LogP contribution in [0.15, 0.2) is 30.3 Å². The van der Waals surface area contributed by atoms with Gasteiger partial charge in [0.15, 0.2) is 16.6 Å². The van der Waals surface area contributed by atoms with Crippen LogP contribution in [0.25, 0.3) is 16.3 Å². The van der Waals surface area contributed by atoms with E-state index in [9.17, 15) is 4.79 Å². The van der Waals surface area contributed by atoms with E-state index in [1.54, 1.807) is 44.8 Å². The van der Waals surface area contributed by atoms with Crippen LogP contribution in [0.3, 0.4) is 0 Å². The number of aromatic nitrogens is 1. The summed E-state index contributed by atoms with van der Waals surface area (Å²) in [5, 5.41) is 1.03. The number of benzene rings is 2. The lowest BCUT2D eigenvalue weighted by Gasteiger charge is -2.34. The second kappa shape index (κ2) is 9.70. The molecule has 1 amide bonds. The van der Waals surface area contributed by atoms with E-state index in [2.05, 4.69) is 30.9 Å². The molecule has 1 aromatic heterocycles. The lowest BCUT2D eigenvalue weighted by atomic mass is 10.1. The number of fused-ring (bicyclic) bond motifs is 1. The maximum Gasteiger partial charge on any atom is 0.246 e. The van der Waals surface area contributed by atoms with Gasteiger partial charge in [-0.25, -0.2) is 4.98 Å². The summed E-state index contributed by atoms with van der Waals surface area (Å²) >= 11 is 1.73. The molecule has 0 radical (unpaired) electrons. The van der Waals surface area contributed by atoms with Crippen molar-refractivity contribution in [1.29, 1.82) is 0 Å². The van der Waals surface area contributed by atoms with Crippen LogP contribution < -0.4 is 19.1 Å². The molecule has 4 rings (SSSR count). The number of piperazine rings is 1. The minimum absolute atomic E-state index is 0.0147. The number of hydrogen-bond donors (Lipinski definition) is 0. The molecule has 0 spiro atoms. The van der Waals surface area contributed by atoms with Gasteiger partial charge in [0, 0.05) is 32.3 Å². The van der Waals surface area contributed by atoms with Crippen LogP contribution in [-0.2, 0) is 4.79 Å². The van der Waals surface area contributed by atoms with Crippen molar-refractivity contribution in [2.75, 3.05) is 52.4 Å². The maximum absolute atomic E-state index is 12.8. The van der Waals surface area contributed by atoms with Gasteiger partial charge in [0.05, 0.1) is 31.5 Å². The van der Waals surface area contributed by atoms with Crippen molar-refractivity contribution in [1.82, 2.24) is 9.88 Å². The van der Waals surface area contributed by atoms with Gasteiger partial charge in [0.25, 0.3) is 0 Å². The van der Waals surface area contributed by atoms with Gasteiger partial charge in [0.2, 0.25) is 11.7 Å². The number of hydrogen-bond acceptors (Lipinski definition) is 7. The second-order valence-corrected chi connectivity index (χ2v) is 9.01. The Bertz CT molecular complexity index is 1170. The van der Waals surface area contributed by atoms with Crippen LogP contribution in [0.1, 0.15) is 16.7 Å². The Labute approximate surface area is 198 Å². The van der Waals surface area contributed by atoms with Gasteiger partial charge >= 0.3 is 0 Å². The van der Waals surface area contributed by atoms with Gasteiger partial charge in [0.1, 0.15) is 0 Å². The average Bonchev–Trinajstić information content (AvgIpc) is 3.26. The molecule has 1 aliphatic heterocycles. The molecule has 1 aliphatic rings. The molecule has 0 bridgehead atoms. The van der Waals surface area contributed by atoms with E-state index in [1.807, 2.05) is 17.0 Å². The number of carbonyl (C=O) groups excluding carboxylic acids is 1. The summed E-state index contributed by atoms with van der Waals surface area (Å²) in [4.78, 5) is 21.8. The fraction of sp³-hybridized carbons (Fsp3) is 0.360. The van der Waals surface area contributed by atoms with Crippen molar-refractivity contribution in [3.63, 3.8) is 0 Å². The molecule has 33 heavy (non-hydrogen) atoms. The third-order valence-electron chi connectivity index (χ3n) is 5.78. The van der Waals surface area contributed by atoms with Crippen molar-refractivity contribution in [3.05, 3.63) is 47.0 Å². The highest BCUT2D eigenvalue weighted by Gasteiger charge is 2.22. The first kappa shape index (κ1) is 22.9. The zero-order valence-electron chi connectivity index (χ0n) is 19.7. The predicted octanol–water partition coefficient (Wildman–Crippen LogP) is 4.30. The first-order valence-electron chi connectivity index (χ1n) is 10.8. The largest absolute Gasteiger partial charge is 0.493 e. The Kier molecular flexibility index (Phi) is 6.74. The van der Waals surface area contributed by atoms with E-state index in [0.717, 1.165) is 29.3 Å². The minimum atomic E-state index is -0.0147. The number of methoxy groups -OCH3 is 3. The minimum Gasteiger partial charge on any atom is -0.493 e. The molecule has 3 aromatic rings. The van der Waals surface area contributed by atoms with Gasteiger partial charge in [-0.2, -0.15) is 0 Å².